The lowest BCUT2D eigenvalue weighted by atomic mass is 9.83. The molecule has 1 unspecified atom stereocenters. The summed E-state index contributed by atoms with van der Waals surface area (Å²) in [5.74, 6) is -0.375. The summed E-state index contributed by atoms with van der Waals surface area (Å²) in [7, 11) is 0. The third-order valence-corrected chi connectivity index (χ3v) is 2.82. The van der Waals surface area contributed by atoms with E-state index in [4.69, 9.17) is 10.8 Å². The molecule has 0 spiro atoms. The van der Waals surface area contributed by atoms with Crippen LogP contribution < -0.4 is 5.73 Å². The molecule has 1 atom stereocenters. The Bertz CT molecular complexity index is 171. The van der Waals surface area contributed by atoms with Gasteiger partial charge in [0, 0.05) is 5.54 Å². The molecular weight excluding hydrogens is 154 g/mol. The van der Waals surface area contributed by atoms with E-state index in [0.29, 0.717) is 5.92 Å². The third kappa shape index (κ3) is 2.21. The van der Waals surface area contributed by atoms with Crippen LogP contribution in [0.1, 0.15) is 39.0 Å². The summed E-state index contributed by atoms with van der Waals surface area (Å²) in [6.45, 7) is 1.86. The maximum atomic E-state index is 10.5. The van der Waals surface area contributed by atoms with Gasteiger partial charge in [0.05, 0.1) is 6.42 Å². The Morgan fingerprint density at radius 1 is 1.58 bits per heavy atom. The molecular formula is C9H17NO2. The molecule has 12 heavy (non-hydrogen) atoms. The van der Waals surface area contributed by atoms with Gasteiger partial charge in [-0.3, -0.25) is 4.79 Å². The van der Waals surface area contributed by atoms with Crippen LogP contribution in [0.4, 0.5) is 0 Å². The normalized spacial score (nSPS) is 23.8. The second-order valence-electron chi connectivity index (χ2n) is 4.06. The number of carboxylic acid groups (broad SMARTS) is 1. The highest BCUT2D eigenvalue weighted by Gasteiger charge is 2.34. The molecule has 1 rings (SSSR count). The van der Waals surface area contributed by atoms with Gasteiger partial charge in [-0.1, -0.05) is 12.8 Å². The van der Waals surface area contributed by atoms with Crippen LogP contribution in [0.5, 0.6) is 0 Å². The van der Waals surface area contributed by atoms with Crippen molar-refractivity contribution in [2.75, 3.05) is 0 Å². The van der Waals surface area contributed by atoms with E-state index in [-0.39, 0.29) is 6.42 Å². The topological polar surface area (TPSA) is 63.3 Å². The molecule has 0 aromatic carbocycles. The molecule has 3 nitrogen and oxygen atoms in total. The predicted octanol–water partition coefficient (Wildman–Crippen LogP) is 1.37. The summed E-state index contributed by atoms with van der Waals surface area (Å²) in [4.78, 5) is 10.5. The van der Waals surface area contributed by atoms with Gasteiger partial charge in [-0.05, 0) is 25.7 Å². The Balaban J connectivity index is 2.50. The standard InChI is InChI=1S/C9H17NO2/c1-9(10,6-8(11)12)7-4-2-3-5-7/h7H,2-6,10H2,1H3,(H,11,12). The van der Waals surface area contributed by atoms with E-state index in [1.165, 1.54) is 12.8 Å². The van der Waals surface area contributed by atoms with E-state index in [1.54, 1.807) is 0 Å². The van der Waals surface area contributed by atoms with E-state index in [2.05, 4.69) is 0 Å². The van der Waals surface area contributed by atoms with Gasteiger partial charge >= 0.3 is 5.97 Å². The van der Waals surface area contributed by atoms with Crippen molar-refractivity contribution in [2.24, 2.45) is 11.7 Å². The first-order chi connectivity index (χ1) is 5.52. The van der Waals surface area contributed by atoms with Gasteiger partial charge in [-0.15, -0.1) is 0 Å². The number of nitrogens with two attached hydrogens (primary N) is 1. The van der Waals surface area contributed by atoms with Crippen molar-refractivity contribution in [1.29, 1.82) is 0 Å². The highest BCUT2D eigenvalue weighted by molar-refractivity contribution is 5.68. The Morgan fingerprint density at radius 2 is 2.08 bits per heavy atom. The number of rotatable bonds is 3. The van der Waals surface area contributed by atoms with Gasteiger partial charge in [0.2, 0.25) is 0 Å². The van der Waals surface area contributed by atoms with Crippen LogP contribution in [0, 0.1) is 5.92 Å². The number of carboxylic acids is 1. The average Bonchev–Trinajstić information content (AvgIpc) is 2.32. The van der Waals surface area contributed by atoms with Crippen LogP contribution >= 0.6 is 0 Å². The summed E-state index contributed by atoms with van der Waals surface area (Å²) >= 11 is 0. The van der Waals surface area contributed by atoms with E-state index >= 15 is 0 Å². The minimum Gasteiger partial charge on any atom is -0.481 e. The van der Waals surface area contributed by atoms with Crippen LogP contribution in [0.25, 0.3) is 0 Å². The summed E-state index contributed by atoms with van der Waals surface area (Å²) in [6, 6.07) is 0. The van der Waals surface area contributed by atoms with Crippen molar-refractivity contribution in [3.63, 3.8) is 0 Å². The van der Waals surface area contributed by atoms with Gasteiger partial charge in [-0.2, -0.15) is 0 Å². The molecule has 0 amide bonds. The summed E-state index contributed by atoms with van der Waals surface area (Å²) in [5, 5.41) is 8.63. The molecule has 3 heteroatoms. The summed E-state index contributed by atoms with van der Waals surface area (Å²) in [6.07, 6.45) is 4.70. The number of carbonyl (C=O) groups is 1. The predicted molar refractivity (Wildman–Crippen MR) is 46.8 cm³/mol. The second-order valence-corrected chi connectivity index (χ2v) is 4.06. The Labute approximate surface area is 72.9 Å². The molecule has 0 saturated heterocycles. The molecule has 0 bridgehead atoms. The van der Waals surface area contributed by atoms with Gasteiger partial charge < -0.3 is 10.8 Å². The fourth-order valence-electron chi connectivity index (χ4n) is 2.06. The molecule has 0 aromatic heterocycles. The van der Waals surface area contributed by atoms with Crippen molar-refractivity contribution < 1.29 is 9.90 Å². The fraction of sp³-hybridized carbons (Fsp3) is 0.889. The SMILES string of the molecule is CC(N)(CC(=O)O)C1CCCC1. The van der Waals surface area contributed by atoms with Gasteiger partial charge in [-0.25, -0.2) is 0 Å². The number of hydrogen-bond donors (Lipinski definition) is 2. The van der Waals surface area contributed by atoms with Gasteiger partial charge in [0.25, 0.3) is 0 Å². The molecule has 1 saturated carbocycles. The zero-order chi connectivity index (χ0) is 9.19. The van der Waals surface area contributed by atoms with E-state index in [1.807, 2.05) is 6.92 Å². The van der Waals surface area contributed by atoms with Crippen molar-refractivity contribution in [3.8, 4) is 0 Å². The molecule has 0 aliphatic heterocycles. The van der Waals surface area contributed by atoms with Gasteiger partial charge in [0.1, 0.15) is 0 Å². The molecule has 1 aliphatic rings. The Morgan fingerprint density at radius 3 is 2.50 bits per heavy atom. The summed E-state index contributed by atoms with van der Waals surface area (Å²) < 4.78 is 0. The lowest BCUT2D eigenvalue weighted by molar-refractivity contribution is -0.138. The molecule has 1 fully saturated rings. The maximum absolute atomic E-state index is 10.5. The quantitative estimate of drug-likeness (QED) is 0.674. The smallest absolute Gasteiger partial charge is 0.305 e. The fourth-order valence-corrected chi connectivity index (χ4v) is 2.06. The lowest BCUT2D eigenvalue weighted by Gasteiger charge is -2.29. The van der Waals surface area contributed by atoms with Crippen LogP contribution in [0.2, 0.25) is 0 Å². The van der Waals surface area contributed by atoms with E-state index in [9.17, 15) is 4.79 Å². The van der Waals surface area contributed by atoms with Gasteiger partial charge in [0.15, 0.2) is 0 Å². The molecule has 0 heterocycles. The van der Waals surface area contributed by atoms with Crippen LogP contribution in [-0.4, -0.2) is 16.6 Å². The van der Waals surface area contributed by atoms with Crippen molar-refractivity contribution >= 4 is 5.97 Å². The van der Waals surface area contributed by atoms with Crippen LogP contribution in [-0.2, 0) is 4.79 Å². The monoisotopic (exact) mass is 171 g/mol. The first-order valence-corrected chi connectivity index (χ1v) is 4.53. The lowest BCUT2D eigenvalue weighted by Crippen LogP contribution is -2.44. The number of hydrogen-bond acceptors (Lipinski definition) is 2. The first-order valence-electron chi connectivity index (χ1n) is 4.53. The second kappa shape index (κ2) is 3.44. The average molecular weight is 171 g/mol. The molecule has 0 aromatic rings. The first kappa shape index (κ1) is 9.52. The maximum Gasteiger partial charge on any atom is 0.305 e. The molecule has 3 N–H and O–H groups in total. The molecule has 70 valence electrons. The molecule has 0 radical (unpaired) electrons. The summed E-state index contributed by atoms with van der Waals surface area (Å²) in [5.41, 5.74) is 5.44. The minimum absolute atomic E-state index is 0.0949. The zero-order valence-corrected chi connectivity index (χ0v) is 7.55. The highest BCUT2D eigenvalue weighted by Crippen LogP contribution is 2.34. The highest BCUT2D eigenvalue weighted by atomic mass is 16.4. The minimum atomic E-state index is -0.785. The Kier molecular flexibility index (Phi) is 2.73. The van der Waals surface area contributed by atoms with E-state index < -0.39 is 11.5 Å². The number of aliphatic carboxylic acids is 1. The van der Waals surface area contributed by atoms with Crippen LogP contribution in [0.3, 0.4) is 0 Å². The van der Waals surface area contributed by atoms with Crippen molar-refractivity contribution in [2.45, 2.75) is 44.6 Å². The van der Waals surface area contributed by atoms with Crippen LogP contribution in [0.15, 0.2) is 0 Å². The Hall–Kier alpha value is -0.570. The molecule has 1 aliphatic carbocycles. The largest absolute Gasteiger partial charge is 0.481 e. The zero-order valence-electron chi connectivity index (χ0n) is 7.55. The third-order valence-electron chi connectivity index (χ3n) is 2.82. The van der Waals surface area contributed by atoms with E-state index in [0.717, 1.165) is 12.8 Å². The van der Waals surface area contributed by atoms with Crippen molar-refractivity contribution in [1.82, 2.24) is 0 Å². The van der Waals surface area contributed by atoms with Crippen molar-refractivity contribution in [3.05, 3.63) is 0 Å².